The van der Waals surface area contributed by atoms with Crippen LogP contribution in [-0.4, -0.2) is 47.2 Å². The number of carbonyl (C=O) groups is 1. The molecule has 1 N–H and O–H groups in total. The number of hydrogen-bond donors (Lipinski definition) is 1. The second-order valence-electron chi connectivity index (χ2n) is 9.14. The van der Waals surface area contributed by atoms with Crippen LogP contribution in [0, 0.1) is 20.8 Å². The smallest absolute Gasteiger partial charge is 0.264 e. The molecule has 0 aliphatic carbocycles. The van der Waals surface area contributed by atoms with Crippen LogP contribution in [0.2, 0.25) is 0 Å². The van der Waals surface area contributed by atoms with Crippen molar-refractivity contribution in [2.75, 3.05) is 42.1 Å². The summed E-state index contributed by atoms with van der Waals surface area (Å²) < 4.78 is 33.7. The van der Waals surface area contributed by atoms with E-state index in [1.165, 1.54) is 4.31 Å². The van der Waals surface area contributed by atoms with E-state index in [0.717, 1.165) is 54.2 Å². The molecule has 8 heteroatoms. The summed E-state index contributed by atoms with van der Waals surface area (Å²) in [5.74, 6) is -0.374. The van der Waals surface area contributed by atoms with Crippen LogP contribution in [-0.2, 0) is 26.1 Å². The lowest BCUT2D eigenvalue weighted by Gasteiger charge is -2.29. The number of ether oxygens (including phenoxy) is 1. The molecule has 190 valence electrons. The summed E-state index contributed by atoms with van der Waals surface area (Å²) in [6, 6.07) is 20.1. The minimum absolute atomic E-state index is 0.151. The largest absolute Gasteiger partial charge is 0.378 e. The number of hydrogen-bond acceptors (Lipinski definition) is 5. The fraction of sp³-hybridized carbons (Fsp3) is 0.321. The van der Waals surface area contributed by atoms with Crippen LogP contribution in [0.15, 0.2) is 71.6 Å². The van der Waals surface area contributed by atoms with Crippen molar-refractivity contribution < 1.29 is 17.9 Å². The van der Waals surface area contributed by atoms with Crippen LogP contribution in [0.25, 0.3) is 0 Å². The highest BCUT2D eigenvalue weighted by atomic mass is 32.2. The third-order valence-corrected chi connectivity index (χ3v) is 8.27. The lowest BCUT2D eigenvalue weighted by atomic mass is 10.1. The van der Waals surface area contributed by atoms with Gasteiger partial charge in [0.1, 0.15) is 6.54 Å². The van der Waals surface area contributed by atoms with Crippen LogP contribution in [0.1, 0.15) is 22.3 Å². The van der Waals surface area contributed by atoms with E-state index >= 15 is 0 Å². The minimum Gasteiger partial charge on any atom is -0.378 e. The first-order chi connectivity index (χ1) is 17.2. The molecule has 1 heterocycles. The zero-order valence-corrected chi connectivity index (χ0v) is 21.8. The summed E-state index contributed by atoms with van der Waals surface area (Å²) in [5, 5.41) is 2.88. The number of aryl methyl sites for hydroxylation is 3. The van der Waals surface area contributed by atoms with E-state index in [4.69, 9.17) is 4.74 Å². The summed E-state index contributed by atoms with van der Waals surface area (Å²) in [6.45, 7) is 8.96. The van der Waals surface area contributed by atoms with Crippen molar-refractivity contribution in [3.63, 3.8) is 0 Å². The molecule has 4 rings (SSSR count). The van der Waals surface area contributed by atoms with Gasteiger partial charge in [0.25, 0.3) is 10.0 Å². The highest BCUT2D eigenvalue weighted by Crippen LogP contribution is 2.26. The summed E-state index contributed by atoms with van der Waals surface area (Å²) in [4.78, 5) is 15.4. The van der Waals surface area contributed by atoms with Gasteiger partial charge in [0.05, 0.1) is 23.8 Å². The van der Waals surface area contributed by atoms with E-state index in [1.807, 2.05) is 51.1 Å². The number of carbonyl (C=O) groups excluding carboxylic acids is 1. The number of benzene rings is 3. The van der Waals surface area contributed by atoms with Gasteiger partial charge in [-0.05, 0) is 73.9 Å². The highest BCUT2D eigenvalue weighted by molar-refractivity contribution is 7.92. The molecule has 3 aromatic carbocycles. The normalized spacial score (nSPS) is 13.9. The Morgan fingerprint density at radius 1 is 0.917 bits per heavy atom. The number of morpholine rings is 1. The van der Waals surface area contributed by atoms with Crippen molar-refractivity contribution >= 4 is 27.3 Å². The van der Waals surface area contributed by atoms with Crippen molar-refractivity contribution in [3.8, 4) is 0 Å². The van der Waals surface area contributed by atoms with E-state index in [-0.39, 0.29) is 17.3 Å². The van der Waals surface area contributed by atoms with E-state index < -0.39 is 10.0 Å². The van der Waals surface area contributed by atoms with Crippen LogP contribution < -0.4 is 14.5 Å². The molecule has 1 aliphatic rings. The minimum atomic E-state index is -3.94. The Morgan fingerprint density at radius 2 is 1.58 bits per heavy atom. The molecule has 36 heavy (non-hydrogen) atoms. The van der Waals surface area contributed by atoms with Gasteiger partial charge in [0, 0.05) is 25.3 Å². The van der Waals surface area contributed by atoms with Crippen molar-refractivity contribution in [1.29, 1.82) is 0 Å². The quantitative estimate of drug-likeness (QED) is 0.499. The van der Waals surface area contributed by atoms with Crippen molar-refractivity contribution in [2.45, 2.75) is 32.2 Å². The van der Waals surface area contributed by atoms with Gasteiger partial charge in [0.2, 0.25) is 5.91 Å². The maximum Gasteiger partial charge on any atom is 0.264 e. The predicted molar refractivity (Wildman–Crippen MR) is 143 cm³/mol. The zero-order chi connectivity index (χ0) is 25.7. The first-order valence-electron chi connectivity index (χ1n) is 12.1. The van der Waals surface area contributed by atoms with Gasteiger partial charge >= 0.3 is 0 Å². The van der Waals surface area contributed by atoms with E-state index in [9.17, 15) is 13.2 Å². The molecule has 0 atom stereocenters. The number of rotatable bonds is 8. The molecular formula is C28H33N3O4S. The fourth-order valence-corrected chi connectivity index (χ4v) is 5.48. The molecule has 7 nitrogen and oxygen atoms in total. The Labute approximate surface area is 213 Å². The molecule has 0 saturated carbocycles. The van der Waals surface area contributed by atoms with Gasteiger partial charge in [-0.15, -0.1) is 0 Å². The number of anilines is 2. The number of nitrogens with one attached hydrogen (secondary N) is 1. The Kier molecular flexibility index (Phi) is 7.96. The number of sulfonamides is 1. The monoisotopic (exact) mass is 507 g/mol. The van der Waals surface area contributed by atoms with Gasteiger partial charge in [-0.25, -0.2) is 8.42 Å². The second kappa shape index (κ2) is 11.1. The number of nitrogens with zero attached hydrogens (tertiary/aromatic N) is 2. The second-order valence-corrected chi connectivity index (χ2v) is 11.0. The summed E-state index contributed by atoms with van der Waals surface area (Å²) >= 11 is 0. The van der Waals surface area contributed by atoms with Gasteiger partial charge in [-0.1, -0.05) is 35.9 Å². The maximum atomic E-state index is 13.6. The topological polar surface area (TPSA) is 79.0 Å². The van der Waals surface area contributed by atoms with Crippen LogP contribution in [0.5, 0.6) is 0 Å². The van der Waals surface area contributed by atoms with Gasteiger partial charge in [-0.3, -0.25) is 9.10 Å². The van der Waals surface area contributed by atoms with Gasteiger partial charge < -0.3 is 15.0 Å². The molecule has 0 unspecified atom stereocenters. The summed E-state index contributed by atoms with van der Waals surface area (Å²) in [7, 11) is -3.94. The maximum absolute atomic E-state index is 13.6. The predicted octanol–water partition coefficient (Wildman–Crippen LogP) is 3.96. The Balaban J connectivity index is 1.49. The van der Waals surface area contributed by atoms with Gasteiger partial charge in [0.15, 0.2) is 0 Å². The highest BCUT2D eigenvalue weighted by Gasteiger charge is 2.27. The van der Waals surface area contributed by atoms with E-state index in [2.05, 4.69) is 10.2 Å². The SMILES string of the molecule is Cc1ccc(S(=O)(=O)N(CC(=O)NCc2ccc(N3CCOCC3)cc2)c2ccc(C)c(C)c2)cc1. The molecule has 1 amide bonds. The van der Waals surface area contributed by atoms with E-state index in [1.54, 1.807) is 36.4 Å². The molecule has 0 radical (unpaired) electrons. The zero-order valence-electron chi connectivity index (χ0n) is 21.0. The summed E-state index contributed by atoms with van der Waals surface area (Å²) in [5.41, 5.74) is 5.50. The molecule has 1 saturated heterocycles. The third-order valence-electron chi connectivity index (χ3n) is 6.48. The molecule has 0 bridgehead atoms. The Morgan fingerprint density at radius 3 is 2.22 bits per heavy atom. The van der Waals surface area contributed by atoms with Crippen LogP contribution in [0.3, 0.4) is 0 Å². The molecule has 1 aliphatic heterocycles. The average molecular weight is 508 g/mol. The lowest BCUT2D eigenvalue weighted by Crippen LogP contribution is -2.40. The Bertz CT molecular complexity index is 1300. The van der Waals surface area contributed by atoms with Gasteiger partial charge in [-0.2, -0.15) is 0 Å². The van der Waals surface area contributed by atoms with E-state index in [0.29, 0.717) is 12.2 Å². The first kappa shape index (κ1) is 25.7. The third kappa shape index (κ3) is 6.06. The van der Waals surface area contributed by atoms with Crippen molar-refractivity contribution in [2.24, 2.45) is 0 Å². The molecule has 0 spiro atoms. The standard InChI is InChI=1S/C28H33N3O4S/c1-21-4-12-27(13-5-21)36(33,34)31(26-9-6-22(2)23(3)18-26)20-28(32)29-19-24-7-10-25(11-8-24)30-14-16-35-17-15-30/h4-13,18H,14-17,19-20H2,1-3H3,(H,29,32). The van der Waals surface area contributed by atoms with Crippen LogP contribution in [0.4, 0.5) is 11.4 Å². The lowest BCUT2D eigenvalue weighted by molar-refractivity contribution is -0.119. The summed E-state index contributed by atoms with van der Waals surface area (Å²) in [6.07, 6.45) is 0. The van der Waals surface area contributed by atoms with Crippen LogP contribution >= 0.6 is 0 Å². The average Bonchev–Trinajstić information content (AvgIpc) is 2.89. The van der Waals surface area contributed by atoms with Crippen molar-refractivity contribution in [3.05, 3.63) is 89.0 Å². The molecule has 3 aromatic rings. The number of amides is 1. The molecule has 0 aromatic heterocycles. The van der Waals surface area contributed by atoms with Crippen molar-refractivity contribution in [1.82, 2.24) is 5.32 Å². The molecule has 1 fully saturated rings. The molecular weight excluding hydrogens is 474 g/mol. The first-order valence-corrected chi connectivity index (χ1v) is 13.5. The Hall–Kier alpha value is -3.36. The fourth-order valence-electron chi connectivity index (χ4n) is 4.07.